The molecule has 1 fully saturated rings. The maximum atomic E-state index is 10.1. The number of anilines is 2. The summed E-state index contributed by atoms with van der Waals surface area (Å²) < 4.78 is 10.4. The van der Waals surface area contributed by atoms with E-state index >= 15 is 0 Å². The van der Waals surface area contributed by atoms with E-state index in [1.807, 2.05) is 12.1 Å². The average Bonchev–Trinajstić information content (AvgIpc) is 2.68. The molecule has 140 valence electrons. The molecule has 0 bridgehead atoms. The number of ether oxygens (including phenoxy) is 2. The summed E-state index contributed by atoms with van der Waals surface area (Å²) in [6.07, 6.45) is 2.60. The second-order valence-corrected chi connectivity index (χ2v) is 6.80. The summed E-state index contributed by atoms with van der Waals surface area (Å²) in [6.45, 7) is 1.77. The number of benzene rings is 1. The summed E-state index contributed by atoms with van der Waals surface area (Å²) in [4.78, 5) is 10.5. The molecule has 0 spiro atoms. The number of piperidine rings is 1. The topological polar surface area (TPSA) is 93.7 Å². The van der Waals surface area contributed by atoms with E-state index in [9.17, 15) is 5.11 Å². The fourth-order valence-corrected chi connectivity index (χ4v) is 3.47. The third-order valence-corrected chi connectivity index (χ3v) is 5.14. The molecule has 2 heterocycles. The highest BCUT2D eigenvalue weighted by Crippen LogP contribution is 2.36. The van der Waals surface area contributed by atoms with Crippen LogP contribution < -0.4 is 20.1 Å². The lowest BCUT2D eigenvalue weighted by atomic mass is 9.74. The van der Waals surface area contributed by atoms with Crippen LogP contribution in [0.5, 0.6) is 11.6 Å². The maximum absolute atomic E-state index is 10.1. The van der Waals surface area contributed by atoms with Gasteiger partial charge in [0.05, 0.1) is 14.2 Å². The van der Waals surface area contributed by atoms with Crippen molar-refractivity contribution in [3.63, 3.8) is 0 Å². The number of hydrogen-bond donors (Lipinski definition) is 2. The first-order valence-electron chi connectivity index (χ1n) is 8.75. The molecular weight excluding hydrogens is 332 g/mol. The van der Waals surface area contributed by atoms with Crippen LogP contribution >= 0.6 is 0 Å². The number of nitrogens with zero attached hydrogens (tertiary/aromatic N) is 3. The van der Waals surface area contributed by atoms with Crippen molar-refractivity contribution in [2.75, 3.05) is 44.5 Å². The zero-order valence-corrected chi connectivity index (χ0v) is 15.3. The zero-order chi connectivity index (χ0) is 18.6. The van der Waals surface area contributed by atoms with E-state index in [1.165, 1.54) is 5.56 Å². The molecule has 0 radical (unpaired) electrons. The molecule has 1 aromatic heterocycles. The molecule has 3 N–H and O–H groups in total. The fourth-order valence-electron chi connectivity index (χ4n) is 3.47. The van der Waals surface area contributed by atoms with Gasteiger partial charge in [0.25, 0.3) is 0 Å². The molecule has 0 amide bonds. The second kappa shape index (κ2) is 7.78. The van der Waals surface area contributed by atoms with E-state index in [2.05, 4.69) is 27.0 Å². The van der Waals surface area contributed by atoms with Crippen LogP contribution in [0.25, 0.3) is 0 Å². The molecule has 1 aliphatic rings. The largest absolute Gasteiger partial charge is 0.497 e. The van der Waals surface area contributed by atoms with E-state index in [0.717, 1.165) is 43.9 Å². The normalized spacial score (nSPS) is 16.3. The van der Waals surface area contributed by atoms with E-state index in [0.29, 0.717) is 5.88 Å². The standard InChI is InChI=1S/C19H26N4O3/c1-25-15-5-3-14(4-6-15)12-19(13-24)7-9-23(10-8-19)16-11-17(26-2)22-18(20)21-16/h3-6,11,24H,7-10,12-13H2,1-2H3,(H2,20,21,22). The number of nitrogens with two attached hydrogens (primary N) is 1. The van der Waals surface area contributed by atoms with Gasteiger partial charge in [-0.15, -0.1) is 0 Å². The van der Waals surface area contributed by atoms with Crippen molar-refractivity contribution in [1.29, 1.82) is 0 Å². The minimum absolute atomic E-state index is 0.117. The van der Waals surface area contributed by atoms with Crippen LogP contribution in [0.3, 0.4) is 0 Å². The first kappa shape index (κ1) is 18.3. The molecule has 0 aliphatic carbocycles. The number of rotatable bonds is 6. The number of aliphatic hydroxyl groups excluding tert-OH is 1. The Bertz CT molecular complexity index is 728. The van der Waals surface area contributed by atoms with Crippen LogP contribution in [0.4, 0.5) is 11.8 Å². The van der Waals surface area contributed by atoms with Crippen molar-refractivity contribution in [3.05, 3.63) is 35.9 Å². The minimum atomic E-state index is -0.117. The first-order valence-corrected chi connectivity index (χ1v) is 8.75. The molecule has 26 heavy (non-hydrogen) atoms. The molecule has 0 saturated carbocycles. The summed E-state index contributed by atoms with van der Waals surface area (Å²) in [5, 5.41) is 10.1. The van der Waals surface area contributed by atoms with Gasteiger partial charge >= 0.3 is 0 Å². The molecule has 1 aliphatic heterocycles. The third kappa shape index (κ3) is 3.99. The SMILES string of the molecule is COc1ccc(CC2(CO)CCN(c3cc(OC)nc(N)n3)CC2)cc1. The number of methoxy groups -OCH3 is 2. The van der Waals surface area contributed by atoms with Gasteiger partial charge in [0, 0.05) is 31.2 Å². The monoisotopic (exact) mass is 358 g/mol. The van der Waals surface area contributed by atoms with Crippen LogP contribution in [0.2, 0.25) is 0 Å². The molecule has 7 nitrogen and oxygen atoms in total. The molecule has 2 aromatic rings. The highest BCUT2D eigenvalue weighted by molar-refractivity contribution is 5.46. The van der Waals surface area contributed by atoms with Gasteiger partial charge in [0.1, 0.15) is 11.6 Å². The Morgan fingerprint density at radius 2 is 1.81 bits per heavy atom. The highest BCUT2D eigenvalue weighted by atomic mass is 16.5. The Balaban J connectivity index is 1.69. The van der Waals surface area contributed by atoms with Gasteiger partial charge < -0.3 is 25.2 Å². The van der Waals surface area contributed by atoms with Gasteiger partial charge in [0.2, 0.25) is 11.8 Å². The van der Waals surface area contributed by atoms with Crippen molar-refractivity contribution in [3.8, 4) is 11.6 Å². The Morgan fingerprint density at radius 3 is 2.38 bits per heavy atom. The zero-order valence-electron chi connectivity index (χ0n) is 15.3. The second-order valence-electron chi connectivity index (χ2n) is 6.80. The van der Waals surface area contributed by atoms with Gasteiger partial charge in [-0.2, -0.15) is 9.97 Å². The van der Waals surface area contributed by atoms with Crippen molar-refractivity contribution in [1.82, 2.24) is 9.97 Å². The fraction of sp³-hybridized carbons (Fsp3) is 0.474. The highest BCUT2D eigenvalue weighted by Gasteiger charge is 2.34. The molecule has 0 atom stereocenters. The van der Waals surface area contributed by atoms with Crippen molar-refractivity contribution >= 4 is 11.8 Å². The quantitative estimate of drug-likeness (QED) is 0.814. The van der Waals surface area contributed by atoms with E-state index < -0.39 is 0 Å². The summed E-state index contributed by atoms with van der Waals surface area (Å²) in [5.41, 5.74) is 6.86. The number of hydrogen-bond acceptors (Lipinski definition) is 7. The van der Waals surface area contributed by atoms with Gasteiger partial charge in [0.15, 0.2) is 0 Å². The van der Waals surface area contributed by atoms with Crippen LogP contribution in [-0.4, -0.2) is 49.0 Å². The lowest BCUT2D eigenvalue weighted by molar-refractivity contribution is 0.0961. The maximum Gasteiger partial charge on any atom is 0.225 e. The van der Waals surface area contributed by atoms with Crippen LogP contribution in [-0.2, 0) is 6.42 Å². The van der Waals surface area contributed by atoms with Crippen molar-refractivity contribution < 1.29 is 14.6 Å². The average molecular weight is 358 g/mol. The Morgan fingerprint density at radius 1 is 1.12 bits per heavy atom. The molecular formula is C19H26N4O3. The third-order valence-electron chi connectivity index (χ3n) is 5.14. The molecule has 1 aromatic carbocycles. The lowest BCUT2D eigenvalue weighted by Gasteiger charge is -2.41. The number of aliphatic hydroxyl groups is 1. The van der Waals surface area contributed by atoms with Gasteiger partial charge in [-0.05, 0) is 37.0 Å². The summed E-state index contributed by atoms with van der Waals surface area (Å²) in [5.74, 6) is 2.28. The Kier molecular flexibility index (Phi) is 5.46. The lowest BCUT2D eigenvalue weighted by Crippen LogP contribution is -2.43. The van der Waals surface area contributed by atoms with Crippen LogP contribution in [0.1, 0.15) is 18.4 Å². The van der Waals surface area contributed by atoms with Gasteiger partial charge in [-0.1, -0.05) is 12.1 Å². The molecule has 1 saturated heterocycles. The summed E-state index contributed by atoms with van der Waals surface area (Å²) >= 11 is 0. The minimum Gasteiger partial charge on any atom is -0.497 e. The summed E-state index contributed by atoms with van der Waals surface area (Å²) in [6, 6.07) is 9.86. The van der Waals surface area contributed by atoms with Crippen LogP contribution in [0.15, 0.2) is 30.3 Å². The first-order chi connectivity index (χ1) is 12.6. The molecule has 0 unspecified atom stereocenters. The Labute approximate surface area is 153 Å². The van der Waals surface area contributed by atoms with Crippen molar-refractivity contribution in [2.24, 2.45) is 5.41 Å². The molecule has 3 rings (SSSR count). The number of nitrogen functional groups attached to an aromatic ring is 1. The van der Waals surface area contributed by atoms with E-state index in [1.54, 1.807) is 20.3 Å². The summed E-state index contributed by atoms with van der Waals surface area (Å²) in [7, 11) is 3.22. The predicted molar refractivity (Wildman–Crippen MR) is 101 cm³/mol. The van der Waals surface area contributed by atoms with Crippen LogP contribution in [0, 0.1) is 5.41 Å². The Hall–Kier alpha value is -2.54. The van der Waals surface area contributed by atoms with E-state index in [4.69, 9.17) is 15.2 Å². The van der Waals surface area contributed by atoms with Gasteiger partial charge in [-0.25, -0.2) is 0 Å². The predicted octanol–water partition coefficient (Wildman–Crippen LogP) is 1.90. The van der Waals surface area contributed by atoms with E-state index in [-0.39, 0.29) is 18.0 Å². The smallest absolute Gasteiger partial charge is 0.225 e. The van der Waals surface area contributed by atoms with Crippen molar-refractivity contribution in [2.45, 2.75) is 19.3 Å². The number of aromatic nitrogens is 2. The molecule has 7 heteroatoms. The van der Waals surface area contributed by atoms with Gasteiger partial charge in [-0.3, -0.25) is 0 Å².